The number of aliphatic hydroxyl groups is 1. The van der Waals surface area contributed by atoms with Crippen molar-refractivity contribution in [3.8, 4) is 0 Å². The average molecular weight is 294 g/mol. The molecule has 2 atom stereocenters. The average Bonchev–Trinajstić information content (AvgIpc) is 3.11. The number of anilines is 1. The molecule has 1 aliphatic heterocycles. The Bertz CT molecular complexity index is 742. The third-order valence-electron chi connectivity index (χ3n) is 4.57. The van der Waals surface area contributed by atoms with Crippen LogP contribution in [0.1, 0.15) is 33.1 Å². The summed E-state index contributed by atoms with van der Waals surface area (Å²) in [6, 6.07) is 13.3. The zero-order chi connectivity index (χ0) is 15.1. The Morgan fingerprint density at radius 2 is 2.05 bits per heavy atom. The maximum atomic E-state index is 12.5. The number of hydrogen-bond acceptors (Lipinski definition) is 3. The lowest BCUT2D eigenvalue weighted by Crippen LogP contribution is -2.33. The fourth-order valence-electron chi connectivity index (χ4n) is 3.42. The minimum atomic E-state index is -0.558. The molecule has 112 valence electrons. The van der Waals surface area contributed by atoms with Crippen LogP contribution in [0, 0.1) is 0 Å². The largest absolute Gasteiger partial charge is 0.390 e. The van der Waals surface area contributed by atoms with Gasteiger partial charge in [-0.2, -0.15) is 0 Å². The van der Waals surface area contributed by atoms with Crippen molar-refractivity contribution in [2.75, 3.05) is 11.9 Å². The second-order valence-electron chi connectivity index (χ2n) is 5.97. The van der Waals surface area contributed by atoms with Gasteiger partial charge in [-0.25, -0.2) is 0 Å². The molecule has 4 heteroatoms. The molecule has 2 aromatic carbocycles. The molecular weight excluding hydrogens is 276 g/mol. The maximum Gasteiger partial charge on any atom is 0.251 e. The first-order valence-corrected chi connectivity index (χ1v) is 7.66. The lowest BCUT2D eigenvalue weighted by atomic mass is 10.1. The predicted molar refractivity (Wildman–Crippen MR) is 85.0 cm³/mol. The zero-order valence-corrected chi connectivity index (χ0v) is 12.2. The molecule has 0 fully saturated rings. The van der Waals surface area contributed by atoms with Crippen molar-refractivity contribution in [1.82, 2.24) is 5.32 Å². The first kappa shape index (κ1) is 13.3. The lowest BCUT2D eigenvalue weighted by Gasteiger charge is -2.18. The number of carbonyl (C=O) groups is 1. The highest BCUT2D eigenvalue weighted by atomic mass is 16.3. The van der Waals surface area contributed by atoms with E-state index in [-0.39, 0.29) is 11.9 Å². The molecule has 2 aliphatic rings. The van der Waals surface area contributed by atoms with Crippen LogP contribution in [-0.2, 0) is 12.8 Å². The molecule has 1 heterocycles. The van der Waals surface area contributed by atoms with E-state index in [0.717, 1.165) is 29.8 Å². The van der Waals surface area contributed by atoms with Crippen LogP contribution in [0.15, 0.2) is 42.5 Å². The Labute approximate surface area is 129 Å². The molecule has 0 unspecified atom stereocenters. The van der Waals surface area contributed by atoms with Gasteiger partial charge in [0.25, 0.3) is 5.91 Å². The van der Waals surface area contributed by atoms with Crippen molar-refractivity contribution in [2.24, 2.45) is 0 Å². The highest BCUT2D eigenvalue weighted by molar-refractivity contribution is 5.95. The summed E-state index contributed by atoms with van der Waals surface area (Å²) in [5.74, 6) is -0.129. The monoisotopic (exact) mass is 294 g/mol. The predicted octanol–water partition coefficient (Wildman–Crippen LogP) is 2.04. The van der Waals surface area contributed by atoms with E-state index in [1.165, 1.54) is 5.56 Å². The summed E-state index contributed by atoms with van der Waals surface area (Å²) in [6.45, 7) is 0.926. The molecular formula is C18H18N2O2. The van der Waals surface area contributed by atoms with Gasteiger partial charge < -0.3 is 15.7 Å². The third kappa shape index (κ3) is 2.16. The molecule has 1 amide bonds. The highest BCUT2D eigenvalue weighted by Crippen LogP contribution is 2.31. The van der Waals surface area contributed by atoms with E-state index in [1.54, 1.807) is 0 Å². The quantitative estimate of drug-likeness (QED) is 0.794. The number of benzene rings is 2. The Morgan fingerprint density at radius 1 is 1.18 bits per heavy atom. The van der Waals surface area contributed by atoms with Gasteiger partial charge in [-0.1, -0.05) is 24.3 Å². The molecule has 1 aliphatic carbocycles. The van der Waals surface area contributed by atoms with E-state index in [2.05, 4.69) is 10.6 Å². The van der Waals surface area contributed by atoms with E-state index >= 15 is 0 Å². The molecule has 0 bridgehead atoms. The van der Waals surface area contributed by atoms with E-state index in [1.807, 2.05) is 42.5 Å². The van der Waals surface area contributed by atoms with Crippen LogP contribution >= 0.6 is 0 Å². The number of nitrogens with one attached hydrogen (secondary N) is 2. The van der Waals surface area contributed by atoms with Crippen molar-refractivity contribution in [3.05, 3.63) is 64.7 Å². The van der Waals surface area contributed by atoms with Crippen molar-refractivity contribution < 1.29 is 9.90 Å². The summed E-state index contributed by atoms with van der Waals surface area (Å²) in [6.07, 6.45) is 0.984. The molecule has 2 aromatic rings. The fraction of sp³-hybridized carbons (Fsp3) is 0.278. The van der Waals surface area contributed by atoms with Crippen LogP contribution in [0.2, 0.25) is 0 Å². The Balaban J connectivity index is 1.57. The van der Waals surface area contributed by atoms with Crippen molar-refractivity contribution >= 4 is 11.6 Å². The van der Waals surface area contributed by atoms with Crippen molar-refractivity contribution in [1.29, 1.82) is 0 Å². The zero-order valence-electron chi connectivity index (χ0n) is 12.2. The minimum Gasteiger partial charge on any atom is -0.390 e. The first-order valence-electron chi connectivity index (χ1n) is 7.66. The van der Waals surface area contributed by atoms with Gasteiger partial charge in [0, 0.05) is 24.2 Å². The SMILES string of the molecule is O=C(N[C@@H]1c2ccccc2C[C@@H]1O)c1ccc2c(c1)CCN2. The first-order chi connectivity index (χ1) is 10.7. The summed E-state index contributed by atoms with van der Waals surface area (Å²) in [5, 5.41) is 16.5. The van der Waals surface area contributed by atoms with Gasteiger partial charge in [-0.05, 0) is 41.3 Å². The number of aliphatic hydroxyl groups excluding tert-OH is 1. The standard InChI is InChI=1S/C18H18N2O2/c21-16-10-11-3-1-2-4-14(11)17(16)20-18(22)13-5-6-15-12(9-13)7-8-19-15/h1-6,9,16-17,19,21H,7-8,10H2,(H,20,22)/t16-,17+/m0/s1. The summed E-state index contributed by atoms with van der Waals surface area (Å²) in [5.41, 5.74) is 5.08. The van der Waals surface area contributed by atoms with Crippen LogP contribution in [0.3, 0.4) is 0 Å². The number of carbonyl (C=O) groups excluding carboxylic acids is 1. The van der Waals surface area contributed by atoms with Gasteiger partial charge in [0.15, 0.2) is 0 Å². The second-order valence-corrected chi connectivity index (χ2v) is 5.97. The van der Waals surface area contributed by atoms with Crippen molar-refractivity contribution in [3.63, 3.8) is 0 Å². The Hall–Kier alpha value is -2.33. The number of amides is 1. The molecule has 3 N–H and O–H groups in total. The van der Waals surface area contributed by atoms with E-state index in [9.17, 15) is 9.90 Å². The lowest BCUT2D eigenvalue weighted by molar-refractivity contribution is 0.0858. The molecule has 0 aromatic heterocycles. The van der Waals surface area contributed by atoms with Gasteiger partial charge in [-0.15, -0.1) is 0 Å². The molecule has 0 radical (unpaired) electrons. The molecule has 4 nitrogen and oxygen atoms in total. The van der Waals surface area contributed by atoms with Gasteiger partial charge in [0.05, 0.1) is 12.1 Å². The summed E-state index contributed by atoms with van der Waals surface area (Å²) in [4.78, 5) is 12.5. The van der Waals surface area contributed by atoms with E-state index in [0.29, 0.717) is 12.0 Å². The molecule has 4 rings (SSSR count). The maximum absolute atomic E-state index is 12.5. The number of hydrogen-bond donors (Lipinski definition) is 3. The molecule has 0 saturated carbocycles. The Kier molecular flexibility index (Phi) is 3.12. The molecule has 0 spiro atoms. The van der Waals surface area contributed by atoms with Crippen LogP contribution < -0.4 is 10.6 Å². The van der Waals surface area contributed by atoms with Crippen LogP contribution in [-0.4, -0.2) is 23.7 Å². The van der Waals surface area contributed by atoms with Gasteiger partial charge >= 0.3 is 0 Å². The molecule has 0 saturated heterocycles. The summed E-state index contributed by atoms with van der Waals surface area (Å²) in [7, 11) is 0. The molecule has 22 heavy (non-hydrogen) atoms. The van der Waals surface area contributed by atoms with E-state index < -0.39 is 6.10 Å². The number of fused-ring (bicyclic) bond motifs is 2. The Morgan fingerprint density at radius 3 is 2.95 bits per heavy atom. The minimum absolute atomic E-state index is 0.129. The van der Waals surface area contributed by atoms with Gasteiger partial charge in [0.1, 0.15) is 0 Å². The van der Waals surface area contributed by atoms with Crippen LogP contribution in [0.4, 0.5) is 5.69 Å². The highest BCUT2D eigenvalue weighted by Gasteiger charge is 2.32. The third-order valence-corrected chi connectivity index (χ3v) is 4.57. The van der Waals surface area contributed by atoms with Crippen molar-refractivity contribution in [2.45, 2.75) is 25.0 Å². The normalized spacial score (nSPS) is 21.9. The van der Waals surface area contributed by atoms with Gasteiger partial charge in [0.2, 0.25) is 0 Å². The summed E-state index contributed by atoms with van der Waals surface area (Å²) < 4.78 is 0. The van der Waals surface area contributed by atoms with E-state index in [4.69, 9.17) is 0 Å². The fourth-order valence-corrected chi connectivity index (χ4v) is 3.42. The van der Waals surface area contributed by atoms with Crippen LogP contribution in [0.25, 0.3) is 0 Å². The smallest absolute Gasteiger partial charge is 0.251 e. The van der Waals surface area contributed by atoms with Gasteiger partial charge in [-0.3, -0.25) is 4.79 Å². The van der Waals surface area contributed by atoms with Crippen LogP contribution in [0.5, 0.6) is 0 Å². The second kappa shape index (κ2) is 5.14. The topological polar surface area (TPSA) is 61.4 Å². The summed E-state index contributed by atoms with van der Waals surface area (Å²) >= 11 is 0. The number of rotatable bonds is 2.